The Morgan fingerprint density at radius 3 is 2.81 bits per heavy atom. The topological polar surface area (TPSA) is 115 Å². The average Bonchev–Trinajstić information content (AvgIpc) is 3.43. The molecule has 3 rings (SSSR count). The van der Waals surface area contributed by atoms with Crippen LogP contribution >= 0.6 is 11.8 Å². The second-order valence-corrected chi connectivity index (χ2v) is 16.5. The molecule has 0 bridgehead atoms. The zero-order chi connectivity index (χ0) is 23.7. The van der Waals surface area contributed by atoms with E-state index in [9.17, 15) is 18.7 Å². The first kappa shape index (κ1) is 24.5. The van der Waals surface area contributed by atoms with Crippen LogP contribution in [-0.2, 0) is 10.3 Å². The number of amides is 1. The van der Waals surface area contributed by atoms with Crippen LogP contribution in [0.4, 0.5) is 13.6 Å². The molecule has 2 aliphatic rings. The number of carboxylic acid groups (broad SMARTS) is 1. The van der Waals surface area contributed by atoms with Gasteiger partial charge in [-0.05, 0) is 25.5 Å². The molecule has 3 atom stereocenters. The van der Waals surface area contributed by atoms with Crippen molar-refractivity contribution < 1.29 is 23.4 Å². The highest BCUT2D eigenvalue weighted by atomic mass is 32.2. The Hall–Kier alpha value is -2.14. The van der Waals surface area contributed by atoms with Gasteiger partial charge in [0.2, 0.25) is 4.91 Å². The van der Waals surface area contributed by atoms with Crippen LogP contribution in [0.1, 0.15) is 18.9 Å². The molecule has 0 unspecified atom stereocenters. The van der Waals surface area contributed by atoms with E-state index in [2.05, 4.69) is 34.7 Å². The van der Waals surface area contributed by atoms with Gasteiger partial charge in [-0.1, -0.05) is 43.5 Å². The van der Waals surface area contributed by atoms with E-state index >= 15 is 0 Å². The van der Waals surface area contributed by atoms with Crippen LogP contribution in [0, 0.1) is 23.1 Å². The molecule has 1 fully saturated rings. The van der Waals surface area contributed by atoms with Gasteiger partial charge in [0.05, 0.1) is 10.3 Å². The second kappa shape index (κ2) is 9.01. The number of aliphatic imine (C=N–C) groups is 1. The lowest BCUT2D eigenvalue weighted by molar-refractivity contribution is -0.263. The van der Waals surface area contributed by atoms with E-state index in [0.29, 0.717) is 13.0 Å². The van der Waals surface area contributed by atoms with Crippen molar-refractivity contribution >= 4 is 31.1 Å². The van der Waals surface area contributed by atoms with Crippen molar-refractivity contribution in [1.82, 2.24) is 9.81 Å². The third-order valence-electron chi connectivity index (χ3n) is 5.90. The minimum Gasteiger partial charge on any atom is -0.529 e. The fourth-order valence-electron chi connectivity index (χ4n) is 3.93. The maximum Gasteiger partial charge on any atom is 0.214 e. The Labute approximate surface area is 190 Å². The molecule has 174 valence electrons. The van der Waals surface area contributed by atoms with Gasteiger partial charge in [-0.3, -0.25) is 9.89 Å². The van der Waals surface area contributed by atoms with Gasteiger partial charge in [0, 0.05) is 26.2 Å². The monoisotopic (exact) mass is 483 g/mol. The summed E-state index contributed by atoms with van der Waals surface area (Å²) in [6.45, 7) is 8.47. The lowest BCUT2D eigenvalue weighted by atomic mass is 9.85. The molecule has 0 aromatic heterocycles. The number of halogens is 2. The smallest absolute Gasteiger partial charge is 0.214 e. The Balaban J connectivity index is 1.96. The largest absolute Gasteiger partial charge is 0.529 e. The molecule has 12 heteroatoms. The number of nitrogens with one attached hydrogen (secondary N) is 1. The zero-order valence-corrected chi connectivity index (χ0v) is 20.3. The lowest BCUT2D eigenvalue weighted by Gasteiger charge is -2.37. The molecule has 1 aromatic rings. The molecule has 0 spiro atoms. The van der Waals surface area contributed by atoms with Crippen molar-refractivity contribution in [2.24, 2.45) is 16.0 Å². The van der Waals surface area contributed by atoms with E-state index in [-0.39, 0.29) is 29.9 Å². The number of hydrogen-bond acceptors (Lipinski definition) is 7. The first-order valence-corrected chi connectivity index (χ1v) is 14.8. The maximum atomic E-state index is 14.8. The first-order valence-electron chi connectivity index (χ1n) is 10.3. The highest BCUT2D eigenvalue weighted by Crippen LogP contribution is 2.66. The number of amidine groups is 1. The second-order valence-electron chi connectivity index (χ2n) is 9.51. The van der Waals surface area contributed by atoms with Gasteiger partial charge < -0.3 is 14.6 Å². The summed E-state index contributed by atoms with van der Waals surface area (Å²) in [5, 5.41) is 15.8. The standard InChI is InChI=1S/C20H27F2N5O3SSi/c1-19(13-6-5-7-14(21)16(13)22)15-10-20(15,11-24-26-23)31-17(25-19)27(18(28)29)12-30-8-9-32(2,3)4/h5-7,15,23H,8-12H2,1-4H3/t15-,19+,20+/m0/s1. The number of fused-ring (bicyclic) bond motifs is 1. The molecular weight excluding hydrogens is 456 g/mol. The van der Waals surface area contributed by atoms with Gasteiger partial charge in [-0.15, -0.1) is 0 Å². The van der Waals surface area contributed by atoms with Crippen molar-refractivity contribution in [1.29, 1.82) is 5.53 Å². The van der Waals surface area contributed by atoms with Crippen LogP contribution in [0.5, 0.6) is 0 Å². The number of rotatable bonds is 8. The Bertz CT molecular complexity index is 984. The Kier molecular flexibility index (Phi) is 6.90. The molecule has 0 radical (unpaired) electrons. The molecule has 1 heterocycles. The van der Waals surface area contributed by atoms with Crippen molar-refractivity contribution in [2.45, 2.75) is 49.3 Å². The summed E-state index contributed by atoms with van der Waals surface area (Å²) in [7, 11) is -1.37. The summed E-state index contributed by atoms with van der Waals surface area (Å²) < 4.78 is 33.8. The van der Waals surface area contributed by atoms with E-state index in [1.54, 1.807) is 6.92 Å². The van der Waals surface area contributed by atoms with Gasteiger partial charge in [-0.25, -0.2) is 8.78 Å². The molecule has 1 saturated carbocycles. The minimum absolute atomic E-state index is 0.0444. The molecule has 1 aliphatic carbocycles. The molecule has 8 nitrogen and oxygen atoms in total. The summed E-state index contributed by atoms with van der Waals surface area (Å²) >= 11 is 1.19. The summed E-state index contributed by atoms with van der Waals surface area (Å²) in [5.41, 5.74) is 5.81. The molecule has 32 heavy (non-hydrogen) atoms. The third-order valence-corrected chi connectivity index (χ3v) is 9.08. The molecule has 1 N–H and O–H groups in total. The highest BCUT2D eigenvalue weighted by molar-refractivity contribution is 8.15. The van der Waals surface area contributed by atoms with Crippen LogP contribution in [0.15, 0.2) is 28.3 Å². The van der Waals surface area contributed by atoms with E-state index in [1.165, 1.54) is 23.9 Å². The summed E-state index contributed by atoms with van der Waals surface area (Å²) in [6, 6.07) is 4.74. The number of carbonyl (C=O) groups excluding carboxylic acids is 1. The summed E-state index contributed by atoms with van der Waals surface area (Å²) in [5.74, 6) is -2.25. The number of nitrogens with zero attached hydrogens (tertiary/aromatic N) is 4. The number of benzene rings is 1. The minimum atomic E-state index is -1.50. The predicted molar refractivity (Wildman–Crippen MR) is 118 cm³/mol. The summed E-state index contributed by atoms with van der Waals surface area (Å²) in [4.78, 5) is 20.5. The van der Waals surface area contributed by atoms with Crippen LogP contribution in [0.3, 0.4) is 0 Å². The van der Waals surface area contributed by atoms with Crippen molar-refractivity contribution in [2.75, 3.05) is 19.9 Å². The lowest BCUT2D eigenvalue weighted by Crippen LogP contribution is -2.49. The SMILES string of the molecule is C[C@]1(c2cccc(F)c2F)N=C(N(COCC[Si](C)(C)C)C(=O)[O-])S[C@@]2(CN=[N+]=N)C[C@H]21. The molecule has 0 saturated heterocycles. The molecule has 1 amide bonds. The zero-order valence-electron chi connectivity index (χ0n) is 18.5. The number of hydrogen-bond donors (Lipinski definition) is 1. The third kappa shape index (κ3) is 4.93. The van der Waals surface area contributed by atoms with Crippen LogP contribution in [-0.4, -0.2) is 48.9 Å². The normalized spacial score (nSPS) is 26.6. The van der Waals surface area contributed by atoms with Crippen LogP contribution < -0.4 is 10.0 Å². The van der Waals surface area contributed by atoms with Crippen molar-refractivity contribution in [3.05, 3.63) is 35.4 Å². The van der Waals surface area contributed by atoms with E-state index < -0.39 is 36.1 Å². The van der Waals surface area contributed by atoms with Crippen LogP contribution in [0.25, 0.3) is 0 Å². The average molecular weight is 484 g/mol. The Morgan fingerprint density at radius 2 is 2.19 bits per heavy atom. The van der Waals surface area contributed by atoms with Crippen molar-refractivity contribution in [3.63, 3.8) is 0 Å². The summed E-state index contributed by atoms with van der Waals surface area (Å²) in [6.07, 6.45) is -0.962. The molecule has 1 aliphatic heterocycles. The first-order chi connectivity index (χ1) is 14.9. The molecular formula is C20H27F2N5O3SSi. The van der Waals surface area contributed by atoms with Gasteiger partial charge >= 0.3 is 0 Å². The fourth-order valence-corrected chi connectivity index (χ4v) is 6.27. The van der Waals surface area contributed by atoms with Gasteiger partial charge in [0.25, 0.3) is 0 Å². The number of thioether (sulfide) groups is 1. The van der Waals surface area contributed by atoms with Gasteiger partial charge in [-0.2, -0.15) is 0 Å². The van der Waals surface area contributed by atoms with E-state index in [1.807, 2.05) is 0 Å². The predicted octanol–water partition coefficient (Wildman–Crippen LogP) is 3.55. The Morgan fingerprint density at radius 1 is 1.47 bits per heavy atom. The quantitative estimate of drug-likeness (QED) is 0.200. The van der Waals surface area contributed by atoms with E-state index in [4.69, 9.17) is 10.3 Å². The number of carbonyl (C=O) groups is 1. The van der Waals surface area contributed by atoms with Gasteiger partial charge in [0.1, 0.15) is 30.0 Å². The maximum absolute atomic E-state index is 14.8. The fraction of sp³-hybridized carbons (Fsp3) is 0.600. The van der Waals surface area contributed by atoms with Crippen LogP contribution in [0.2, 0.25) is 25.7 Å². The van der Waals surface area contributed by atoms with Crippen molar-refractivity contribution in [3.8, 4) is 0 Å². The molecule has 1 aromatic carbocycles. The highest BCUT2D eigenvalue weighted by Gasteiger charge is 2.68. The van der Waals surface area contributed by atoms with E-state index in [0.717, 1.165) is 17.0 Å². The van der Waals surface area contributed by atoms with Gasteiger partial charge in [0.15, 0.2) is 16.8 Å². The number of ether oxygens (including phenoxy) is 1.